The number of nitrogens with two attached hydrogens (primary N) is 1. The average molecular weight is 453 g/mol. The second-order valence-electron chi connectivity index (χ2n) is 5.10. The zero-order chi connectivity index (χ0) is 18.0. The Morgan fingerprint density at radius 3 is 2.71 bits per heavy atom. The van der Waals surface area contributed by atoms with Crippen molar-refractivity contribution in [1.29, 1.82) is 0 Å². The van der Waals surface area contributed by atoms with E-state index in [9.17, 15) is 19.5 Å². The van der Waals surface area contributed by atoms with Crippen LogP contribution in [0.4, 0.5) is 5.82 Å². The van der Waals surface area contributed by atoms with Crippen molar-refractivity contribution in [3.8, 4) is 0 Å². The standard InChI is InChI=1S/C13H16IN3O7/c1-5(18)22-4-8-10(23-6(2)19)9(20)12(24-8)17-3-7(14)11(15)16-13(17)21/h3,8-10,12,20H,4H2,1-2H3,(H2,15,16,21)/t8-,9+,10-,12-/m1/s1. The molecule has 0 saturated carbocycles. The first-order chi connectivity index (χ1) is 11.2. The Morgan fingerprint density at radius 1 is 1.46 bits per heavy atom. The predicted molar refractivity (Wildman–Crippen MR) is 87.7 cm³/mol. The number of ether oxygens (including phenoxy) is 3. The number of esters is 2. The van der Waals surface area contributed by atoms with E-state index in [1.54, 1.807) is 0 Å². The molecule has 1 fully saturated rings. The highest BCUT2D eigenvalue weighted by atomic mass is 127. The minimum absolute atomic E-state index is 0.0531. The summed E-state index contributed by atoms with van der Waals surface area (Å²) in [5, 5.41) is 10.4. The van der Waals surface area contributed by atoms with Gasteiger partial charge >= 0.3 is 17.6 Å². The van der Waals surface area contributed by atoms with Gasteiger partial charge in [-0.05, 0) is 22.6 Å². The van der Waals surface area contributed by atoms with E-state index in [0.717, 1.165) is 4.57 Å². The molecule has 0 aromatic carbocycles. The summed E-state index contributed by atoms with van der Waals surface area (Å²) in [6.45, 7) is 2.14. The summed E-state index contributed by atoms with van der Waals surface area (Å²) in [6.07, 6.45) is -3.18. The Bertz CT molecular complexity index is 707. The normalized spacial score (nSPS) is 26.2. The third-order valence-electron chi connectivity index (χ3n) is 3.27. The van der Waals surface area contributed by atoms with Crippen molar-refractivity contribution in [2.75, 3.05) is 12.3 Å². The van der Waals surface area contributed by atoms with Crippen LogP contribution in [-0.2, 0) is 23.8 Å². The molecule has 0 radical (unpaired) electrons. The van der Waals surface area contributed by atoms with Crippen molar-refractivity contribution in [3.05, 3.63) is 20.3 Å². The summed E-state index contributed by atoms with van der Waals surface area (Å²) in [5.41, 5.74) is 4.83. The van der Waals surface area contributed by atoms with Crippen molar-refractivity contribution in [3.63, 3.8) is 0 Å². The Balaban J connectivity index is 2.31. The molecule has 0 bridgehead atoms. The van der Waals surface area contributed by atoms with Crippen LogP contribution in [0.5, 0.6) is 0 Å². The average Bonchev–Trinajstić information content (AvgIpc) is 2.77. The Morgan fingerprint density at radius 2 is 2.12 bits per heavy atom. The molecule has 1 aromatic heterocycles. The zero-order valence-electron chi connectivity index (χ0n) is 12.8. The Hall–Kier alpha value is -1.73. The molecule has 0 amide bonds. The van der Waals surface area contributed by atoms with Crippen molar-refractivity contribution in [2.24, 2.45) is 0 Å². The van der Waals surface area contributed by atoms with Crippen LogP contribution in [0, 0.1) is 3.57 Å². The fourth-order valence-corrected chi connectivity index (χ4v) is 2.68. The minimum atomic E-state index is -1.35. The second-order valence-corrected chi connectivity index (χ2v) is 6.26. The van der Waals surface area contributed by atoms with Crippen LogP contribution in [0.2, 0.25) is 0 Å². The number of aliphatic hydroxyl groups excluding tert-OH is 1. The van der Waals surface area contributed by atoms with Gasteiger partial charge in [-0.15, -0.1) is 0 Å². The van der Waals surface area contributed by atoms with E-state index in [2.05, 4.69) is 4.98 Å². The number of hydrogen-bond acceptors (Lipinski definition) is 9. The molecule has 3 N–H and O–H groups in total. The molecular weight excluding hydrogens is 437 g/mol. The number of anilines is 1. The van der Waals surface area contributed by atoms with Gasteiger partial charge in [-0.25, -0.2) is 4.79 Å². The summed E-state index contributed by atoms with van der Waals surface area (Å²) < 4.78 is 17.0. The molecule has 1 aliphatic heterocycles. The first-order valence-electron chi connectivity index (χ1n) is 6.89. The van der Waals surface area contributed by atoms with E-state index in [0.29, 0.717) is 3.57 Å². The Labute approximate surface area is 150 Å². The molecule has 132 valence electrons. The number of carbonyl (C=O) groups excluding carboxylic acids is 2. The highest BCUT2D eigenvalue weighted by molar-refractivity contribution is 14.1. The SMILES string of the molecule is CC(=O)OC[C@H]1O[C@@H](n2cc(I)c(N)nc2=O)[C@@H](O)[C@@H]1OC(C)=O. The van der Waals surface area contributed by atoms with Crippen LogP contribution >= 0.6 is 22.6 Å². The summed E-state index contributed by atoms with van der Waals surface area (Å²) in [5.74, 6) is -1.15. The van der Waals surface area contributed by atoms with Crippen LogP contribution in [0.1, 0.15) is 20.1 Å². The fraction of sp³-hybridized carbons (Fsp3) is 0.538. The van der Waals surface area contributed by atoms with Crippen LogP contribution in [-0.4, -0.2) is 51.5 Å². The first-order valence-corrected chi connectivity index (χ1v) is 7.97. The summed E-state index contributed by atoms with van der Waals surface area (Å²) in [6, 6.07) is 0. The number of aliphatic hydroxyl groups is 1. The minimum Gasteiger partial charge on any atom is -0.463 e. The molecule has 10 nitrogen and oxygen atoms in total. The molecule has 0 aliphatic carbocycles. The number of carbonyl (C=O) groups is 2. The lowest BCUT2D eigenvalue weighted by Gasteiger charge is -2.19. The topological polar surface area (TPSA) is 143 Å². The number of aromatic nitrogens is 2. The van der Waals surface area contributed by atoms with Crippen LogP contribution in [0.15, 0.2) is 11.0 Å². The molecular formula is C13H16IN3O7. The van der Waals surface area contributed by atoms with Crippen LogP contribution in [0.25, 0.3) is 0 Å². The van der Waals surface area contributed by atoms with Gasteiger partial charge in [0.2, 0.25) is 0 Å². The maximum absolute atomic E-state index is 12.0. The zero-order valence-corrected chi connectivity index (χ0v) is 15.0. The van der Waals surface area contributed by atoms with Gasteiger partial charge in [0.05, 0.1) is 3.57 Å². The molecule has 1 aromatic rings. The molecule has 0 unspecified atom stereocenters. The molecule has 0 spiro atoms. The maximum atomic E-state index is 12.0. The van der Waals surface area contributed by atoms with Gasteiger partial charge in [-0.1, -0.05) is 0 Å². The molecule has 1 aliphatic rings. The van der Waals surface area contributed by atoms with Crippen molar-refractivity contribution >= 4 is 40.3 Å². The second kappa shape index (κ2) is 7.44. The highest BCUT2D eigenvalue weighted by Crippen LogP contribution is 2.31. The van der Waals surface area contributed by atoms with E-state index in [4.69, 9.17) is 19.9 Å². The fourth-order valence-electron chi connectivity index (χ4n) is 2.26. The highest BCUT2D eigenvalue weighted by Gasteiger charge is 2.47. The lowest BCUT2D eigenvalue weighted by molar-refractivity contribution is -0.157. The maximum Gasteiger partial charge on any atom is 0.351 e. The lowest BCUT2D eigenvalue weighted by Crippen LogP contribution is -2.39. The molecule has 2 heterocycles. The third kappa shape index (κ3) is 4.02. The van der Waals surface area contributed by atoms with Gasteiger partial charge in [0.1, 0.15) is 24.6 Å². The number of hydrogen-bond donors (Lipinski definition) is 2. The molecule has 11 heteroatoms. The monoisotopic (exact) mass is 453 g/mol. The van der Waals surface area contributed by atoms with Crippen molar-refractivity contribution < 1.29 is 28.9 Å². The molecule has 4 atom stereocenters. The lowest BCUT2D eigenvalue weighted by atomic mass is 10.1. The smallest absolute Gasteiger partial charge is 0.351 e. The predicted octanol–water partition coefficient (Wildman–Crippen LogP) is -0.817. The van der Waals surface area contributed by atoms with E-state index in [-0.39, 0.29) is 12.4 Å². The van der Waals surface area contributed by atoms with E-state index in [1.165, 1.54) is 20.0 Å². The number of nitrogens with zero attached hydrogens (tertiary/aromatic N) is 2. The quantitative estimate of drug-likeness (QED) is 0.442. The van der Waals surface area contributed by atoms with E-state index < -0.39 is 42.2 Å². The summed E-state index contributed by atoms with van der Waals surface area (Å²) in [7, 11) is 0. The largest absolute Gasteiger partial charge is 0.463 e. The summed E-state index contributed by atoms with van der Waals surface area (Å²) >= 11 is 1.88. The molecule has 1 saturated heterocycles. The van der Waals surface area contributed by atoms with Gasteiger partial charge in [0.25, 0.3) is 0 Å². The van der Waals surface area contributed by atoms with Crippen molar-refractivity contribution in [2.45, 2.75) is 38.4 Å². The van der Waals surface area contributed by atoms with Gasteiger partial charge < -0.3 is 25.1 Å². The van der Waals surface area contributed by atoms with Crippen LogP contribution in [0.3, 0.4) is 0 Å². The molecule has 2 rings (SSSR count). The van der Waals surface area contributed by atoms with E-state index >= 15 is 0 Å². The third-order valence-corrected chi connectivity index (χ3v) is 4.10. The van der Waals surface area contributed by atoms with Gasteiger partial charge in [0.15, 0.2) is 12.3 Å². The van der Waals surface area contributed by atoms with Gasteiger partial charge in [0, 0.05) is 20.0 Å². The van der Waals surface area contributed by atoms with Crippen LogP contribution < -0.4 is 11.4 Å². The van der Waals surface area contributed by atoms with E-state index in [1.807, 2.05) is 22.6 Å². The first kappa shape index (κ1) is 18.6. The number of rotatable bonds is 4. The van der Waals surface area contributed by atoms with Gasteiger partial charge in [-0.3, -0.25) is 14.2 Å². The number of nitrogen functional groups attached to an aromatic ring is 1. The summed E-state index contributed by atoms with van der Waals surface area (Å²) in [4.78, 5) is 37.9. The Kier molecular flexibility index (Phi) is 5.77. The van der Waals surface area contributed by atoms with Crippen molar-refractivity contribution in [1.82, 2.24) is 9.55 Å². The molecule has 24 heavy (non-hydrogen) atoms. The number of halogens is 1. The van der Waals surface area contributed by atoms with Gasteiger partial charge in [-0.2, -0.15) is 4.98 Å².